The van der Waals surface area contributed by atoms with Crippen molar-refractivity contribution in [2.75, 3.05) is 63.2 Å². The van der Waals surface area contributed by atoms with Crippen LogP contribution in [0.1, 0.15) is 141 Å². The summed E-state index contributed by atoms with van der Waals surface area (Å²) in [4.78, 5) is 59.0. The molecule has 2 atom stereocenters. The van der Waals surface area contributed by atoms with Crippen LogP contribution >= 0.6 is 0 Å². The predicted octanol–water partition coefficient (Wildman–Crippen LogP) is 10.2. The fourth-order valence-corrected chi connectivity index (χ4v) is 8.72. The van der Waals surface area contributed by atoms with E-state index in [1.165, 1.54) is 37.8 Å². The van der Waals surface area contributed by atoms with Crippen molar-refractivity contribution in [1.82, 2.24) is 24.2 Å². The number of piperazine rings is 1. The number of anilines is 3. The Morgan fingerprint density at radius 1 is 0.739 bits per heavy atom. The lowest BCUT2D eigenvalue weighted by atomic mass is 9.83. The molecular formula is C55H85N7O7. The average molecular weight is 956 g/mol. The van der Waals surface area contributed by atoms with Gasteiger partial charge in [0.2, 0.25) is 5.91 Å². The Hall–Kier alpha value is -5.31. The SMILES string of the molecule is CCCCOCCCC.CN1CCN(CC(=O)N2c3ccccc3C(=O)Nc3cccnc32)CC1.Cc1cc(CC(C)CC(C)(C)C)n(O)c(=O)c1.Cc1cc(CC(C)CC(C)(C)C)n(O)c(=O)c1. The van der Waals surface area contributed by atoms with Crippen LogP contribution in [-0.2, 0) is 22.4 Å². The molecule has 6 rings (SSSR count). The first-order valence-corrected chi connectivity index (χ1v) is 24.9. The number of para-hydroxylation sites is 1. The lowest BCUT2D eigenvalue weighted by Crippen LogP contribution is -2.48. The van der Waals surface area contributed by atoms with E-state index in [1.54, 1.807) is 41.4 Å². The minimum Gasteiger partial charge on any atom is -0.425 e. The standard InChI is InChI=1S/C19H21N5O2.2C14H23NO2.C8H18O/c1-22-9-11-23(12-10-22)13-17(25)24-16-7-3-2-5-14(16)19(26)21-15-6-4-8-20-18(15)24;2*1-10-6-12(15(17)13(16)8-10)7-11(2)9-14(3,4)5;1-3-5-7-9-8-6-4-2/h2-8H,9-13H2,1H3,(H,21,26);2*6,8,11,17H,7,9H2,1-5H3;3-8H2,1-2H3. The maximum atomic E-state index is 13.2. The summed E-state index contributed by atoms with van der Waals surface area (Å²) >= 11 is 0. The molecule has 14 nitrogen and oxygen atoms in total. The second-order valence-electron chi connectivity index (χ2n) is 21.5. The van der Waals surface area contributed by atoms with Gasteiger partial charge in [0.15, 0.2) is 5.82 Å². The number of hydrogen-bond donors (Lipinski definition) is 3. The summed E-state index contributed by atoms with van der Waals surface area (Å²) < 4.78 is 6.85. The molecule has 14 heteroatoms. The van der Waals surface area contributed by atoms with E-state index >= 15 is 0 Å². The number of rotatable bonds is 14. The van der Waals surface area contributed by atoms with Gasteiger partial charge in [-0.25, -0.2) is 4.98 Å². The van der Waals surface area contributed by atoms with Crippen molar-refractivity contribution in [1.29, 1.82) is 0 Å². The lowest BCUT2D eigenvalue weighted by molar-refractivity contribution is -0.119. The molecule has 2 amide bonds. The fraction of sp³-hybridized carbons (Fsp3) is 0.582. The minimum absolute atomic E-state index is 0.0848. The Bertz CT molecular complexity index is 2250. The molecule has 5 heterocycles. The number of benzene rings is 1. The van der Waals surface area contributed by atoms with Crippen molar-refractivity contribution in [3.05, 3.63) is 116 Å². The quantitative estimate of drug-likeness (QED) is 0.0819. The van der Waals surface area contributed by atoms with Crippen molar-refractivity contribution in [3.8, 4) is 0 Å². The molecule has 0 radical (unpaired) electrons. The van der Waals surface area contributed by atoms with Crippen LogP contribution in [0.5, 0.6) is 0 Å². The summed E-state index contributed by atoms with van der Waals surface area (Å²) in [5.74, 6) is 1.03. The number of nitrogens with one attached hydrogen (secondary N) is 1. The number of pyridine rings is 3. The highest BCUT2D eigenvalue weighted by Gasteiger charge is 2.31. The van der Waals surface area contributed by atoms with Gasteiger partial charge in [-0.05, 0) is 130 Å². The molecule has 69 heavy (non-hydrogen) atoms. The first-order valence-electron chi connectivity index (χ1n) is 24.9. The van der Waals surface area contributed by atoms with Gasteiger partial charge in [0.25, 0.3) is 17.0 Å². The maximum absolute atomic E-state index is 13.2. The van der Waals surface area contributed by atoms with E-state index in [1.807, 2.05) is 32.0 Å². The predicted molar refractivity (Wildman–Crippen MR) is 279 cm³/mol. The van der Waals surface area contributed by atoms with Gasteiger partial charge in [0, 0.05) is 57.7 Å². The van der Waals surface area contributed by atoms with E-state index in [0.29, 0.717) is 52.5 Å². The summed E-state index contributed by atoms with van der Waals surface area (Å²) in [6.45, 7) is 31.4. The van der Waals surface area contributed by atoms with Gasteiger partial charge in [0.05, 0.1) is 34.9 Å². The molecule has 2 aliphatic heterocycles. The first-order chi connectivity index (χ1) is 32.4. The van der Waals surface area contributed by atoms with Crippen LogP contribution in [0.2, 0.25) is 0 Å². The number of aromatic nitrogens is 3. The van der Waals surface area contributed by atoms with Crippen LogP contribution < -0.4 is 21.3 Å². The number of carbonyl (C=O) groups is 2. The number of likely N-dealkylation sites (N-methyl/N-ethyl adjacent to an activating group) is 1. The molecular weight excluding hydrogens is 871 g/mol. The third kappa shape index (κ3) is 20.3. The van der Waals surface area contributed by atoms with Crippen molar-refractivity contribution in [2.45, 2.75) is 134 Å². The summed E-state index contributed by atoms with van der Waals surface area (Å²) in [6, 6.07) is 17.3. The Morgan fingerprint density at radius 2 is 1.23 bits per heavy atom. The summed E-state index contributed by atoms with van der Waals surface area (Å²) in [6.07, 6.45) is 10.1. The zero-order valence-electron chi connectivity index (χ0n) is 44.2. The smallest absolute Gasteiger partial charge is 0.283 e. The van der Waals surface area contributed by atoms with Crippen molar-refractivity contribution >= 4 is 29.0 Å². The van der Waals surface area contributed by atoms with Crippen LogP contribution in [0.25, 0.3) is 0 Å². The molecule has 1 fully saturated rings. The van der Waals surface area contributed by atoms with Gasteiger partial charge >= 0.3 is 0 Å². The second kappa shape index (κ2) is 27.8. The lowest BCUT2D eigenvalue weighted by Gasteiger charge is -2.33. The number of carbonyl (C=O) groups excluding carboxylic acids is 2. The molecule has 0 saturated carbocycles. The zero-order chi connectivity index (χ0) is 51.5. The van der Waals surface area contributed by atoms with Crippen LogP contribution in [0.15, 0.2) is 76.4 Å². The first kappa shape index (κ1) is 58.0. The number of hydrogen-bond acceptors (Lipinski definition) is 10. The van der Waals surface area contributed by atoms with Crippen LogP contribution in [0.3, 0.4) is 0 Å². The molecule has 382 valence electrons. The third-order valence-corrected chi connectivity index (χ3v) is 11.6. The largest absolute Gasteiger partial charge is 0.425 e. The van der Waals surface area contributed by atoms with Gasteiger partial charge < -0.3 is 25.4 Å². The number of amides is 2. The van der Waals surface area contributed by atoms with E-state index < -0.39 is 0 Å². The highest BCUT2D eigenvalue weighted by Crippen LogP contribution is 2.36. The van der Waals surface area contributed by atoms with Gasteiger partial charge in [0.1, 0.15) is 0 Å². The monoisotopic (exact) mass is 956 g/mol. The van der Waals surface area contributed by atoms with Crippen molar-refractivity contribution in [2.24, 2.45) is 22.7 Å². The normalized spacial score (nSPS) is 14.8. The molecule has 2 unspecified atom stereocenters. The number of nitrogens with zero attached hydrogens (tertiary/aromatic N) is 6. The van der Waals surface area contributed by atoms with Gasteiger partial charge in [-0.2, -0.15) is 9.46 Å². The Morgan fingerprint density at radius 3 is 1.71 bits per heavy atom. The molecule has 0 spiro atoms. The average Bonchev–Trinajstić information content (AvgIpc) is 3.38. The van der Waals surface area contributed by atoms with Crippen LogP contribution in [0.4, 0.5) is 17.2 Å². The second-order valence-corrected chi connectivity index (χ2v) is 21.5. The number of ether oxygens (including phenoxy) is 1. The highest BCUT2D eigenvalue weighted by molar-refractivity contribution is 6.17. The van der Waals surface area contributed by atoms with Gasteiger partial charge in [-0.3, -0.25) is 29.0 Å². The summed E-state index contributed by atoms with van der Waals surface area (Å²) in [5.41, 5.74) is 4.63. The Balaban J connectivity index is 0.000000259. The van der Waals surface area contributed by atoms with E-state index in [4.69, 9.17) is 4.74 Å². The summed E-state index contributed by atoms with van der Waals surface area (Å²) in [7, 11) is 2.08. The maximum Gasteiger partial charge on any atom is 0.283 e. The van der Waals surface area contributed by atoms with Gasteiger partial charge in [-0.1, -0.05) is 94.2 Å². The van der Waals surface area contributed by atoms with E-state index in [-0.39, 0.29) is 33.8 Å². The van der Waals surface area contributed by atoms with Crippen molar-refractivity contribution < 1.29 is 24.7 Å². The van der Waals surface area contributed by atoms with E-state index in [0.717, 1.165) is 85.7 Å². The Kier molecular flexibility index (Phi) is 23.3. The van der Waals surface area contributed by atoms with Crippen LogP contribution in [0, 0.1) is 36.5 Å². The molecule has 2 aliphatic rings. The fourth-order valence-electron chi connectivity index (χ4n) is 8.72. The topological polar surface area (TPSA) is 162 Å². The molecule has 1 saturated heterocycles. The minimum atomic E-state index is -0.344. The number of unbranched alkanes of at least 4 members (excludes halogenated alkanes) is 2. The van der Waals surface area contributed by atoms with Crippen molar-refractivity contribution in [3.63, 3.8) is 0 Å². The molecule has 3 aromatic heterocycles. The van der Waals surface area contributed by atoms with Crippen LogP contribution in [-0.4, -0.2) is 99.5 Å². The molecule has 0 bridgehead atoms. The molecule has 0 aliphatic carbocycles. The molecule has 3 N–H and O–H groups in total. The van der Waals surface area contributed by atoms with E-state index in [2.05, 4.69) is 96.4 Å². The van der Waals surface area contributed by atoms with E-state index in [9.17, 15) is 29.6 Å². The number of aryl methyl sites for hydroxylation is 2. The highest BCUT2D eigenvalue weighted by atomic mass is 16.5. The third-order valence-electron chi connectivity index (χ3n) is 11.6. The van der Waals surface area contributed by atoms with Gasteiger partial charge in [-0.15, -0.1) is 0 Å². The molecule has 4 aromatic rings. The Labute approximate surface area is 412 Å². The molecule has 1 aromatic carbocycles. The zero-order valence-corrected chi connectivity index (χ0v) is 44.2. The summed E-state index contributed by atoms with van der Waals surface area (Å²) in [5, 5.41) is 22.2. The number of fused-ring (bicyclic) bond motifs is 2.